The molecule has 0 radical (unpaired) electrons. The number of anilines is 1. The number of aromatic nitrogens is 1. The summed E-state index contributed by atoms with van der Waals surface area (Å²) in [5.74, 6) is 0.203. The first kappa shape index (κ1) is 20.7. The largest absolute Gasteiger partial charge is 0.418 e. The van der Waals surface area contributed by atoms with Gasteiger partial charge in [0, 0.05) is 36.4 Å². The van der Waals surface area contributed by atoms with Crippen molar-refractivity contribution in [3.63, 3.8) is 0 Å². The van der Waals surface area contributed by atoms with Gasteiger partial charge in [-0.2, -0.15) is 13.2 Å². The molecule has 0 spiro atoms. The van der Waals surface area contributed by atoms with Gasteiger partial charge < -0.3 is 10.2 Å². The molecular formula is C19H23F3N4OS. The van der Waals surface area contributed by atoms with E-state index in [9.17, 15) is 18.0 Å². The van der Waals surface area contributed by atoms with Crippen LogP contribution in [0.2, 0.25) is 0 Å². The third kappa shape index (κ3) is 4.70. The molecule has 0 aliphatic carbocycles. The number of halogens is 3. The van der Waals surface area contributed by atoms with E-state index in [1.807, 2.05) is 11.2 Å². The van der Waals surface area contributed by atoms with Crippen LogP contribution in [-0.4, -0.2) is 42.8 Å². The summed E-state index contributed by atoms with van der Waals surface area (Å²) >= 11 is 1.37. The van der Waals surface area contributed by atoms with E-state index in [4.69, 9.17) is 0 Å². The smallest absolute Gasteiger partial charge is 0.369 e. The maximum absolute atomic E-state index is 13.4. The number of carbonyl (C=O) groups is 1. The van der Waals surface area contributed by atoms with Gasteiger partial charge in [-0.25, -0.2) is 0 Å². The molecule has 0 unspecified atom stereocenters. The molecule has 1 saturated heterocycles. The SMILES string of the molecule is CSNCC(=O)N[C@@H]1C[C@H](C)CN(c2ccc(C(F)(F)F)c3ncccc23)C1. The number of pyridine rings is 1. The Kier molecular flexibility index (Phi) is 6.34. The zero-order valence-electron chi connectivity index (χ0n) is 15.7. The Labute approximate surface area is 166 Å². The fraction of sp³-hybridized carbons (Fsp3) is 0.474. The summed E-state index contributed by atoms with van der Waals surface area (Å²) in [6.07, 6.45) is -0.400. The molecule has 152 valence electrons. The molecule has 2 N–H and O–H groups in total. The van der Waals surface area contributed by atoms with Gasteiger partial charge in [0.05, 0.1) is 17.6 Å². The minimum absolute atomic E-state index is 0.0458. The predicted molar refractivity (Wildman–Crippen MR) is 106 cm³/mol. The summed E-state index contributed by atoms with van der Waals surface area (Å²) in [5.41, 5.74) is -0.0653. The van der Waals surface area contributed by atoms with Crippen LogP contribution in [0, 0.1) is 5.92 Å². The highest BCUT2D eigenvalue weighted by atomic mass is 32.2. The average Bonchev–Trinajstić information content (AvgIpc) is 2.64. The van der Waals surface area contributed by atoms with Crippen molar-refractivity contribution in [2.75, 3.05) is 30.8 Å². The number of rotatable bonds is 5. The monoisotopic (exact) mass is 412 g/mol. The number of carbonyl (C=O) groups excluding carboxylic acids is 1. The number of nitrogens with zero attached hydrogens (tertiary/aromatic N) is 2. The Balaban J connectivity index is 1.88. The lowest BCUT2D eigenvalue weighted by Crippen LogP contribution is -2.51. The summed E-state index contributed by atoms with van der Waals surface area (Å²) in [4.78, 5) is 18.1. The Bertz CT molecular complexity index is 846. The Hall–Kier alpha value is -2.00. The summed E-state index contributed by atoms with van der Waals surface area (Å²) in [5, 5.41) is 3.49. The summed E-state index contributed by atoms with van der Waals surface area (Å²) in [6, 6.07) is 5.86. The van der Waals surface area contributed by atoms with Gasteiger partial charge in [0.2, 0.25) is 5.91 Å². The van der Waals surface area contributed by atoms with Crippen LogP contribution in [0.15, 0.2) is 30.5 Å². The molecular weight excluding hydrogens is 389 g/mol. The van der Waals surface area contributed by atoms with Crippen molar-refractivity contribution in [1.82, 2.24) is 15.0 Å². The third-order valence-electron chi connectivity index (χ3n) is 4.79. The molecule has 28 heavy (non-hydrogen) atoms. The number of hydrogen-bond donors (Lipinski definition) is 2. The van der Waals surface area contributed by atoms with E-state index in [1.165, 1.54) is 24.2 Å². The van der Waals surface area contributed by atoms with Gasteiger partial charge in [0.15, 0.2) is 0 Å². The predicted octanol–water partition coefficient (Wildman–Crippen LogP) is 3.45. The number of nitrogens with one attached hydrogen (secondary N) is 2. The molecule has 5 nitrogen and oxygen atoms in total. The fourth-order valence-electron chi connectivity index (χ4n) is 3.73. The van der Waals surface area contributed by atoms with E-state index in [0.29, 0.717) is 30.1 Å². The van der Waals surface area contributed by atoms with Crippen molar-refractivity contribution in [1.29, 1.82) is 0 Å². The molecule has 1 aliphatic rings. The molecule has 1 fully saturated rings. The molecule has 1 aromatic carbocycles. The van der Waals surface area contributed by atoms with E-state index in [0.717, 1.165) is 12.5 Å². The molecule has 1 aromatic heterocycles. The van der Waals surface area contributed by atoms with Gasteiger partial charge in [-0.3, -0.25) is 14.5 Å². The average molecular weight is 412 g/mol. The Morgan fingerprint density at radius 2 is 2.11 bits per heavy atom. The maximum atomic E-state index is 13.4. The van der Waals surface area contributed by atoms with Crippen LogP contribution in [0.4, 0.5) is 18.9 Å². The topological polar surface area (TPSA) is 57.3 Å². The normalized spacial score (nSPS) is 20.4. The molecule has 0 saturated carbocycles. The molecule has 0 bridgehead atoms. The second kappa shape index (κ2) is 8.57. The van der Waals surface area contributed by atoms with Crippen molar-refractivity contribution in [2.24, 2.45) is 5.92 Å². The highest BCUT2D eigenvalue weighted by Gasteiger charge is 2.34. The molecule has 1 aliphatic heterocycles. The van der Waals surface area contributed by atoms with Gasteiger partial charge in [-0.05, 0) is 42.9 Å². The third-order valence-corrected chi connectivity index (χ3v) is 5.23. The minimum Gasteiger partial charge on any atom is -0.369 e. The highest BCUT2D eigenvalue weighted by Crippen LogP contribution is 2.38. The zero-order chi connectivity index (χ0) is 20.3. The van der Waals surface area contributed by atoms with Crippen molar-refractivity contribution in [3.8, 4) is 0 Å². The Morgan fingerprint density at radius 3 is 2.82 bits per heavy atom. The quantitative estimate of drug-likeness (QED) is 0.737. The molecule has 9 heteroatoms. The van der Waals surface area contributed by atoms with Crippen LogP contribution in [0.25, 0.3) is 10.9 Å². The van der Waals surface area contributed by atoms with Crippen molar-refractivity contribution >= 4 is 34.4 Å². The van der Waals surface area contributed by atoms with Crippen LogP contribution >= 0.6 is 11.9 Å². The van der Waals surface area contributed by atoms with E-state index >= 15 is 0 Å². The zero-order valence-corrected chi connectivity index (χ0v) is 16.5. The van der Waals surface area contributed by atoms with E-state index in [2.05, 4.69) is 21.9 Å². The van der Waals surface area contributed by atoms with E-state index < -0.39 is 11.7 Å². The molecule has 2 atom stereocenters. The number of alkyl halides is 3. The van der Waals surface area contributed by atoms with Gasteiger partial charge in [-0.15, -0.1) is 0 Å². The van der Waals surface area contributed by atoms with Gasteiger partial charge in [0.25, 0.3) is 0 Å². The first-order valence-corrected chi connectivity index (χ1v) is 10.3. The van der Waals surface area contributed by atoms with E-state index in [-0.39, 0.29) is 24.0 Å². The van der Waals surface area contributed by atoms with Crippen LogP contribution < -0.4 is 14.9 Å². The maximum Gasteiger partial charge on any atom is 0.418 e. The standard InChI is InChI=1S/C19H23F3N4OS/c1-12-8-13(25-17(27)9-24-28-2)11-26(10-12)16-6-5-15(19(20,21)22)18-14(16)4-3-7-23-18/h3-7,12-13,24H,8-11H2,1-2H3,(H,25,27)/t12-,13+/m0/s1. The van der Waals surface area contributed by atoms with Gasteiger partial charge in [-0.1, -0.05) is 18.9 Å². The van der Waals surface area contributed by atoms with Gasteiger partial charge in [0.1, 0.15) is 0 Å². The van der Waals surface area contributed by atoms with Crippen LogP contribution in [0.3, 0.4) is 0 Å². The van der Waals surface area contributed by atoms with Crippen molar-refractivity contribution in [2.45, 2.75) is 25.6 Å². The van der Waals surface area contributed by atoms with Crippen molar-refractivity contribution in [3.05, 3.63) is 36.0 Å². The Morgan fingerprint density at radius 1 is 1.32 bits per heavy atom. The number of fused-ring (bicyclic) bond motifs is 1. The lowest BCUT2D eigenvalue weighted by molar-refractivity contribution is -0.136. The minimum atomic E-state index is -4.46. The number of piperidine rings is 1. The van der Waals surface area contributed by atoms with E-state index in [1.54, 1.807) is 12.1 Å². The summed E-state index contributed by atoms with van der Waals surface area (Å²) < 4.78 is 43.0. The second-order valence-electron chi connectivity index (χ2n) is 7.07. The number of hydrogen-bond acceptors (Lipinski definition) is 5. The first-order chi connectivity index (χ1) is 13.3. The lowest BCUT2D eigenvalue weighted by Gasteiger charge is -2.39. The first-order valence-electron chi connectivity index (χ1n) is 9.04. The fourth-order valence-corrected chi connectivity index (χ4v) is 4.01. The summed E-state index contributed by atoms with van der Waals surface area (Å²) in [6.45, 7) is 3.56. The number of benzene rings is 1. The second-order valence-corrected chi connectivity index (χ2v) is 7.76. The van der Waals surface area contributed by atoms with Gasteiger partial charge >= 0.3 is 6.18 Å². The lowest BCUT2D eigenvalue weighted by atomic mass is 9.94. The molecule has 1 amide bonds. The summed E-state index contributed by atoms with van der Waals surface area (Å²) in [7, 11) is 0. The van der Waals surface area contributed by atoms with Crippen LogP contribution in [0.1, 0.15) is 18.9 Å². The molecule has 3 rings (SSSR count). The van der Waals surface area contributed by atoms with Crippen LogP contribution in [-0.2, 0) is 11.0 Å². The molecule has 2 heterocycles. The molecule has 2 aromatic rings. The highest BCUT2D eigenvalue weighted by molar-refractivity contribution is 7.96. The van der Waals surface area contributed by atoms with Crippen LogP contribution in [0.5, 0.6) is 0 Å². The number of amides is 1. The van der Waals surface area contributed by atoms with Crippen molar-refractivity contribution < 1.29 is 18.0 Å².